The molecule has 0 radical (unpaired) electrons. The topological polar surface area (TPSA) is 67.9 Å². The maximum atomic E-state index is 11.9. The van der Waals surface area contributed by atoms with Crippen molar-refractivity contribution in [2.75, 3.05) is 6.54 Å². The molecule has 1 saturated heterocycles. The summed E-state index contributed by atoms with van der Waals surface area (Å²) in [4.78, 5) is 25.2. The Morgan fingerprint density at radius 2 is 1.76 bits per heavy atom. The summed E-state index contributed by atoms with van der Waals surface area (Å²) in [6, 6.07) is 0.210. The maximum absolute atomic E-state index is 11.9. The third-order valence-corrected chi connectivity index (χ3v) is 3.76. The fraction of sp³-hybridized carbons (Fsp3) is 0.867. The van der Waals surface area contributed by atoms with Crippen LogP contribution < -0.4 is 5.32 Å². The number of hydrogen-bond acceptors (Lipinski definition) is 4. The standard InChI is InChI=1S/C15H26N2O4/c1-15(2,3)21-14(19)17-10-9-12(17)20-13(18)16-11-7-5-4-6-8-11/h11-12H,4-10H2,1-3H3,(H,16,18). The normalized spacial score (nSPS) is 23.2. The molecule has 1 aliphatic heterocycles. The number of amides is 2. The van der Waals surface area contributed by atoms with Gasteiger partial charge in [0.25, 0.3) is 0 Å². The van der Waals surface area contributed by atoms with Gasteiger partial charge in [0.1, 0.15) is 5.60 Å². The van der Waals surface area contributed by atoms with Gasteiger partial charge in [0, 0.05) is 19.0 Å². The van der Waals surface area contributed by atoms with E-state index in [1.165, 1.54) is 11.3 Å². The average molecular weight is 298 g/mol. The van der Waals surface area contributed by atoms with Crippen LogP contribution in [0.15, 0.2) is 0 Å². The van der Waals surface area contributed by atoms with E-state index < -0.39 is 24.0 Å². The number of alkyl carbamates (subject to hydrolysis) is 1. The van der Waals surface area contributed by atoms with E-state index in [-0.39, 0.29) is 6.04 Å². The zero-order valence-corrected chi connectivity index (χ0v) is 13.2. The molecule has 2 fully saturated rings. The summed E-state index contributed by atoms with van der Waals surface area (Å²) >= 11 is 0. The van der Waals surface area contributed by atoms with E-state index in [1.54, 1.807) is 0 Å². The summed E-state index contributed by atoms with van der Waals surface area (Å²) in [6.45, 7) is 6.01. The first-order valence-corrected chi connectivity index (χ1v) is 7.82. The van der Waals surface area contributed by atoms with Crippen molar-refractivity contribution < 1.29 is 19.1 Å². The summed E-state index contributed by atoms with van der Waals surface area (Å²) in [5.41, 5.74) is -0.540. The Morgan fingerprint density at radius 1 is 1.10 bits per heavy atom. The fourth-order valence-electron chi connectivity index (χ4n) is 2.59. The van der Waals surface area contributed by atoms with Gasteiger partial charge in [0.05, 0.1) is 0 Å². The summed E-state index contributed by atoms with van der Waals surface area (Å²) in [5, 5.41) is 2.89. The molecule has 21 heavy (non-hydrogen) atoms. The Morgan fingerprint density at radius 3 is 2.29 bits per heavy atom. The number of likely N-dealkylation sites (tertiary alicyclic amines) is 1. The van der Waals surface area contributed by atoms with Crippen LogP contribution >= 0.6 is 0 Å². The lowest BCUT2D eigenvalue weighted by molar-refractivity contribution is -0.0849. The van der Waals surface area contributed by atoms with Crippen LogP contribution in [0.4, 0.5) is 9.59 Å². The molecule has 120 valence electrons. The van der Waals surface area contributed by atoms with Crippen LogP contribution in [0.25, 0.3) is 0 Å². The summed E-state index contributed by atoms with van der Waals surface area (Å²) < 4.78 is 10.6. The lowest BCUT2D eigenvalue weighted by atomic mass is 9.96. The molecule has 2 amide bonds. The van der Waals surface area contributed by atoms with Gasteiger partial charge >= 0.3 is 12.2 Å². The van der Waals surface area contributed by atoms with Crippen molar-refractivity contribution in [1.82, 2.24) is 10.2 Å². The van der Waals surface area contributed by atoms with Gasteiger partial charge in [-0.15, -0.1) is 0 Å². The van der Waals surface area contributed by atoms with Crippen molar-refractivity contribution in [1.29, 1.82) is 0 Å². The molecule has 0 bridgehead atoms. The highest BCUT2D eigenvalue weighted by atomic mass is 16.6. The summed E-state index contributed by atoms with van der Waals surface area (Å²) in [5.74, 6) is 0. The SMILES string of the molecule is CC(C)(C)OC(=O)N1CCC1OC(=O)NC1CCCCC1. The highest BCUT2D eigenvalue weighted by Gasteiger charge is 2.38. The minimum Gasteiger partial charge on any atom is -0.444 e. The molecular weight excluding hydrogens is 272 g/mol. The van der Waals surface area contributed by atoms with Gasteiger partial charge < -0.3 is 14.8 Å². The molecule has 1 aliphatic carbocycles. The smallest absolute Gasteiger partial charge is 0.413 e. The van der Waals surface area contributed by atoms with Crippen molar-refractivity contribution in [3.63, 3.8) is 0 Å². The zero-order chi connectivity index (χ0) is 15.5. The van der Waals surface area contributed by atoms with E-state index in [4.69, 9.17) is 9.47 Å². The van der Waals surface area contributed by atoms with Crippen LogP contribution in [-0.2, 0) is 9.47 Å². The van der Waals surface area contributed by atoms with Crippen molar-refractivity contribution in [2.24, 2.45) is 0 Å². The van der Waals surface area contributed by atoms with Crippen molar-refractivity contribution in [3.8, 4) is 0 Å². The Balaban J connectivity index is 1.74. The van der Waals surface area contributed by atoms with E-state index in [9.17, 15) is 9.59 Å². The molecule has 1 saturated carbocycles. The van der Waals surface area contributed by atoms with Gasteiger partial charge in [0.2, 0.25) is 0 Å². The van der Waals surface area contributed by atoms with E-state index in [0.717, 1.165) is 25.7 Å². The number of carbonyl (C=O) groups excluding carboxylic acids is 2. The van der Waals surface area contributed by atoms with Gasteiger partial charge in [0.15, 0.2) is 6.23 Å². The second-order valence-corrected chi connectivity index (χ2v) is 6.80. The van der Waals surface area contributed by atoms with Crippen molar-refractivity contribution in [3.05, 3.63) is 0 Å². The highest BCUT2D eigenvalue weighted by molar-refractivity contribution is 5.71. The molecule has 1 heterocycles. The molecule has 1 atom stereocenters. The zero-order valence-electron chi connectivity index (χ0n) is 13.2. The molecule has 1 N–H and O–H groups in total. The van der Waals surface area contributed by atoms with E-state index in [0.29, 0.717) is 13.0 Å². The average Bonchev–Trinajstić information content (AvgIpc) is 2.33. The van der Waals surface area contributed by atoms with Gasteiger partial charge in [-0.3, -0.25) is 4.90 Å². The molecule has 6 heteroatoms. The number of ether oxygens (including phenoxy) is 2. The number of rotatable bonds is 2. The van der Waals surface area contributed by atoms with Gasteiger partial charge in [-0.25, -0.2) is 9.59 Å². The third kappa shape index (κ3) is 4.79. The monoisotopic (exact) mass is 298 g/mol. The quantitative estimate of drug-likeness (QED) is 0.851. The molecule has 1 unspecified atom stereocenters. The first-order valence-electron chi connectivity index (χ1n) is 7.82. The highest BCUT2D eigenvalue weighted by Crippen LogP contribution is 2.23. The van der Waals surface area contributed by atoms with Crippen molar-refractivity contribution in [2.45, 2.75) is 77.2 Å². The molecule has 2 rings (SSSR count). The molecule has 0 aromatic rings. The molecule has 2 aliphatic rings. The van der Waals surface area contributed by atoms with Crippen LogP contribution in [0.3, 0.4) is 0 Å². The third-order valence-electron chi connectivity index (χ3n) is 3.76. The minimum atomic E-state index is -0.540. The predicted molar refractivity (Wildman–Crippen MR) is 77.8 cm³/mol. The molecule has 0 aromatic heterocycles. The number of nitrogens with zero attached hydrogens (tertiary/aromatic N) is 1. The van der Waals surface area contributed by atoms with E-state index in [1.807, 2.05) is 20.8 Å². The second kappa shape index (κ2) is 6.54. The number of hydrogen-bond donors (Lipinski definition) is 1. The fourth-order valence-corrected chi connectivity index (χ4v) is 2.59. The van der Waals surface area contributed by atoms with Crippen LogP contribution in [0, 0.1) is 0 Å². The van der Waals surface area contributed by atoms with Gasteiger partial charge in [-0.05, 0) is 33.6 Å². The minimum absolute atomic E-state index is 0.210. The maximum Gasteiger partial charge on any atom is 0.413 e. The molecule has 6 nitrogen and oxygen atoms in total. The van der Waals surface area contributed by atoms with Crippen molar-refractivity contribution >= 4 is 12.2 Å². The molecular formula is C15H26N2O4. The van der Waals surface area contributed by atoms with E-state index in [2.05, 4.69) is 5.32 Å². The molecule has 0 spiro atoms. The van der Waals surface area contributed by atoms with Crippen LogP contribution in [0.1, 0.15) is 59.3 Å². The second-order valence-electron chi connectivity index (χ2n) is 6.80. The largest absolute Gasteiger partial charge is 0.444 e. The van der Waals surface area contributed by atoms with Crippen LogP contribution in [0.5, 0.6) is 0 Å². The van der Waals surface area contributed by atoms with Crippen LogP contribution in [0.2, 0.25) is 0 Å². The lowest BCUT2D eigenvalue weighted by Gasteiger charge is -2.40. The summed E-state index contributed by atoms with van der Waals surface area (Å²) in [7, 11) is 0. The first-order chi connectivity index (χ1) is 9.85. The van der Waals surface area contributed by atoms with E-state index >= 15 is 0 Å². The van der Waals surface area contributed by atoms with Gasteiger partial charge in [-0.1, -0.05) is 19.3 Å². The Kier molecular flexibility index (Phi) is 4.96. The Labute approximate surface area is 126 Å². The Bertz CT molecular complexity index is 386. The van der Waals surface area contributed by atoms with Crippen LogP contribution in [-0.4, -0.2) is 41.5 Å². The molecule has 0 aromatic carbocycles. The number of carbonyl (C=O) groups is 2. The first kappa shape index (κ1) is 15.9. The van der Waals surface area contributed by atoms with Gasteiger partial charge in [-0.2, -0.15) is 0 Å². The Hall–Kier alpha value is -1.46. The lowest BCUT2D eigenvalue weighted by Crippen LogP contribution is -2.55. The number of nitrogens with one attached hydrogen (secondary N) is 1. The summed E-state index contributed by atoms with van der Waals surface area (Å²) in [6.07, 6.45) is 4.87. The predicted octanol–water partition coefficient (Wildman–Crippen LogP) is 3.01.